The summed E-state index contributed by atoms with van der Waals surface area (Å²) in [6.45, 7) is 4.28. The molecule has 2 heterocycles. The molecule has 3 atom stereocenters. The molecule has 0 radical (unpaired) electrons. The Bertz CT molecular complexity index is 232. The van der Waals surface area contributed by atoms with Gasteiger partial charge in [0.05, 0.1) is 12.1 Å². The highest BCUT2D eigenvalue weighted by atomic mass is 16.3. The molecular formula is C10H18N2O2. The van der Waals surface area contributed by atoms with Crippen LogP contribution in [0.2, 0.25) is 0 Å². The number of amides is 1. The van der Waals surface area contributed by atoms with Crippen molar-refractivity contribution in [2.24, 2.45) is 5.92 Å². The molecule has 0 aromatic carbocycles. The molecule has 0 aromatic heterocycles. The Hall–Kier alpha value is -0.610. The second-order valence-electron chi connectivity index (χ2n) is 4.42. The summed E-state index contributed by atoms with van der Waals surface area (Å²) in [4.78, 5) is 13.7. The van der Waals surface area contributed by atoms with Gasteiger partial charge in [0.2, 0.25) is 5.91 Å². The van der Waals surface area contributed by atoms with Gasteiger partial charge in [0.25, 0.3) is 0 Å². The van der Waals surface area contributed by atoms with Gasteiger partial charge in [0.1, 0.15) is 0 Å². The molecule has 80 valence electrons. The first-order chi connectivity index (χ1) is 6.68. The van der Waals surface area contributed by atoms with Crippen LogP contribution in [0.3, 0.4) is 0 Å². The first-order valence-corrected chi connectivity index (χ1v) is 5.38. The molecular weight excluding hydrogens is 180 g/mol. The van der Waals surface area contributed by atoms with Gasteiger partial charge in [-0.1, -0.05) is 6.92 Å². The van der Waals surface area contributed by atoms with Gasteiger partial charge in [-0.15, -0.1) is 0 Å². The number of likely N-dealkylation sites (tertiary alicyclic amines) is 1. The lowest BCUT2D eigenvalue weighted by atomic mass is 10.0. The first kappa shape index (κ1) is 9.93. The molecule has 2 N–H and O–H groups in total. The Balaban J connectivity index is 1.94. The van der Waals surface area contributed by atoms with Crippen LogP contribution in [-0.4, -0.2) is 47.7 Å². The second-order valence-corrected chi connectivity index (χ2v) is 4.42. The lowest BCUT2D eigenvalue weighted by molar-refractivity contribution is -0.133. The summed E-state index contributed by atoms with van der Waals surface area (Å²) in [6, 6.07) is -0.0136. The quantitative estimate of drug-likeness (QED) is 0.601. The van der Waals surface area contributed by atoms with E-state index in [1.165, 1.54) is 0 Å². The number of carbonyl (C=O) groups excluding carboxylic acids is 1. The van der Waals surface area contributed by atoms with E-state index < -0.39 is 0 Å². The number of nitrogens with one attached hydrogen (secondary N) is 1. The van der Waals surface area contributed by atoms with E-state index in [1.807, 2.05) is 0 Å². The van der Waals surface area contributed by atoms with E-state index in [-0.39, 0.29) is 18.1 Å². The van der Waals surface area contributed by atoms with Crippen LogP contribution < -0.4 is 5.32 Å². The maximum atomic E-state index is 12.0. The topological polar surface area (TPSA) is 52.6 Å². The minimum atomic E-state index is -0.310. The fourth-order valence-corrected chi connectivity index (χ4v) is 2.30. The maximum absolute atomic E-state index is 12.0. The monoisotopic (exact) mass is 198 g/mol. The molecule has 0 spiro atoms. The Morgan fingerprint density at radius 3 is 2.79 bits per heavy atom. The molecule has 0 aliphatic carbocycles. The molecule has 4 nitrogen and oxygen atoms in total. The van der Waals surface area contributed by atoms with Crippen LogP contribution in [0.5, 0.6) is 0 Å². The normalized spacial score (nSPS) is 37.9. The fraction of sp³-hybridized carbons (Fsp3) is 0.900. The van der Waals surface area contributed by atoms with Crippen LogP contribution in [0.1, 0.15) is 19.8 Å². The SMILES string of the molecule is CC1CCNC1C(=O)N1CC[C@@H](O)C1. The van der Waals surface area contributed by atoms with Gasteiger partial charge in [0.15, 0.2) is 0 Å². The van der Waals surface area contributed by atoms with Gasteiger partial charge >= 0.3 is 0 Å². The Morgan fingerprint density at radius 2 is 2.29 bits per heavy atom. The number of rotatable bonds is 1. The fourth-order valence-electron chi connectivity index (χ4n) is 2.30. The summed E-state index contributed by atoms with van der Waals surface area (Å²) < 4.78 is 0. The maximum Gasteiger partial charge on any atom is 0.240 e. The van der Waals surface area contributed by atoms with Crippen molar-refractivity contribution in [3.8, 4) is 0 Å². The predicted octanol–water partition coefficient (Wildman–Crippen LogP) is -0.422. The highest BCUT2D eigenvalue weighted by Crippen LogP contribution is 2.19. The van der Waals surface area contributed by atoms with Crippen molar-refractivity contribution in [1.82, 2.24) is 10.2 Å². The van der Waals surface area contributed by atoms with E-state index in [0.29, 0.717) is 19.0 Å². The third-order valence-electron chi connectivity index (χ3n) is 3.27. The minimum Gasteiger partial charge on any atom is -0.391 e. The van der Waals surface area contributed by atoms with Crippen molar-refractivity contribution in [3.63, 3.8) is 0 Å². The van der Waals surface area contributed by atoms with E-state index >= 15 is 0 Å². The van der Waals surface area contributed by atoms with Crippen molar-refractivity contribution in [1.29, 1.82) is 0 Å². The van der Waals surface area contributed by atoms with Crippen LogP contribution in [0.15, 0.2) is 0 Å². The molecule has 2 saturated heterocycles. The van der Waals surface area contributed by atoms with Crippen LogP contribution >= 0.6 is 0 Å². The molecule has 2 aliphatic rings. The number of β-amino-alcohol motifs (C(OH)–C–C–N with tert-alkyl or cyclic N) is 1. The second kappa shape index (κ2) is 3.87. The molecule has 1 amide bonds. The molecule has 0 saturated carbocycles. The molecule has 0 bridgehead atoms. The van der Waals surface area contributed by atoms with Crippen molar-refractivity contribution in [3.05, 3.63) is 0 Å². The van der Waals surface area contributed by atoms with Crippen LogP contribution in [0.25, 0.3) is 0 Å². The van der Waals surface area contributed by atoms with Crippen molar-refractivity contribution in [2.45, 2.75) is 31.9 Å². The summed E-state index contributed by atoms with van der Waals surface area (Å²) in [5, 5.41) is 12.6. The summed E-state index contributed by atoms with van der Waals surface area (Å²) in [6.07, 6.45) is 1.50. The molecule has 2 fully saturated rings. The molecule has 0 aromatic rings. The smallest absolute Gasteiger partial charge is 0.240 e. The number of hydrogen-bond donors (Lipinski definition) is 2. The van der Waals surface area contributed by atoms with Gasteiger partial charge in [-0.05, 0) is 25.3 Å². The van der Waals surface area contributed by atoms with Crippen molar-refractivity contribution >= 4 is 5.91 Å². The zero-order chi connectivity index (χ0) is 10.1. The van der Waals surface area contributed by atoms with Gasteiger partial charge in [-0.3, -0.25) is 4.79 Å². The number of hydrogen-bond acceptors (Lipinski definition) is 3. The third-order valence-corrected chi connectivity index (χ3v) is 3.27. The Morgan fingerprint density at radius 1 is 1.50 bits per heavy atom. The standard InChI is InChI=1S/C10H18N2O2/c1-7-2-4-11-9(7)10(14)12-5-3-8(13)6-12/h7-9,11,13H,2-6H2,1H3/t7?,8-,9?/m1/s1. The third kappa shape index (κ3) is 1.77. The van der Waals surface area contributed by atoms with E-state index in [4.69, 9.17) is 0 Å². The number of nitrogens with zero attached hydrogens (tertiary/aromatic N) is 1. The molecule has 4 heteroatoms. The van der Waals surface area contributed by atoms with Gasteiger partial charge in [0, 0.05) is 13.1 Å². The van der Waals surface area contributed by atoms with Crippen molar-refractivity contribution < 1.29 is 9.90 Å². The summed E-state index contributed by atoms with van der Waals surface area (Å²) >= 11 is 0. The van der Waals surface area contributed by atoms with Crippen LogP contribution in [0.4, 0.5) is 0 Å². The van der Waals surface area contributed by atoms with E-state index in [9.17, 15) is 9.90 Å². The first-order valence-electron chi connectivity index (χ1n) is 5.38. The van der Waals surface area contributed by atoms with E-state index in [0.717, 1.165) is 19.4 Å². The molecule has 14 heavy (non-hydrogen) atoms. The average Bonchev–Trinajstić information content (AvgIpc) is 2.73. The average molecular weight is 198 g/mol. The van der Waals surface area contributed by atoms with Gasteiger partial charge in [-0.25, -0.2) is 0 Å². The Labute approximate surface area is 84.3 Å². The lowest BCUT2D eigenvalue weighted by Crippen LogP contribution is -2.45. The lowest BCUT2D eigenvalue weighted by Gasteiger charge is -2.22. The summed E-state index contributed by atoms with van der Waals surface area (Å²) in [5.41, 5.74) is 0. The summed E-state index contributed by atoms with van der Waals surface area (Å²) in [7, 11) is 0. The highest BCUT2D eigenvalue weighted by molar-refractivity contribution is 5.82. The predicted molar refractivity (Wildman–Crippen MR) is 52.8 cm³/mol. The zero-order valence-corrected chi connectivity index (χ0v) is 8.57. The number of aliphatic hydroxyl groups excluding tert-OH is 1. The summed E-state index contributed by atoms with van der Waals surface area (Å²) in [5.74, 6) is 0.604. The van der Waals surface area contributed by atoms with Gasteiger partial charge < -0.3 is 15.3 Å². The largest absolute Gasteiger partial charge is 0.391 e. The number of carbonyl (C=O) groups is 1. The van der Waals surface area contributed by atoms with E-state index in [2.05, 4.69) is 12.2 Å². The van der Waals surface area contributed by atoms with Gasteiger partial charge in [-0.2, -0.15) is 0 Å². The van der Waals surface area contributed by atoms with E-state index in [1.54, 1.807) is 4.90 Å². The Kier molecular flexibility index (Phi) is 2.74. The molecule has 2 aliphatic heterocycles. The zero-order valence-electron chi connectivity index (χ0n) is 8.57. The highest BCUT2D eigenvalue weighted by Gasteiger charge is 2.35. The minimum absolute atomic E-state index is 0.0136. The molecule has 2 unspecified atom stereocenters. The number of aliphatic hydroxyl groups is 1. The van der Waals surface area contributed by atoms with Crippen molar-refractivity contribution in [2.75, 3.05) is 19.6 Å². The van der Waals surface area contributed by atoms with Crippen LogP contribution in [0, 0.1) is 5.92 Å². The molecule has 2 rings (SSSR count). The van der Waals surface area contributed by atoms with Crippen LogP contribution in [-0.2, 0) is 4.79 Å².